The molecule has 0 spiro atoms. The van der Waals surface area contributed by atoms with Crippen molar-refractivity contribution in [2.75, 3.05) is 6.61 Å². The Morgan fingerprint density at radius 3 is 2.68 bits per heavy atom. The Kier molecular flexibility index (Phi) is 5.22. The van der Waals surface area contributed by atoms with E-state index in [4.69, 9.17) is 20.8 Å². The third-order valence-corrected chi connectivity index (χ3v) is 3.21. The van der Waals surface area contributed by atoms with Crippen molar-refractivity contribution in [3.63, 3.8) is 0 Å². The number of rotatable bonds is 5. The Bertz CT molecular complexity index is 693. The van der Waals surface area contributed by atoms with Crippen molar-refractivity contribution in [1.82, 2.24) is 5.32 Å². The van der Waals surface area contributed by atoms with E-state index in [0.717, 1.165) is 5.56 Å². The Labute approximate surface area is 133 Å². The van der Waals surface area contributed by atoms with E-state index in [0.29, 0.717) is 28.7 Å². The van der Waals surface area contributed by atoms with Gasteiger partial charge in [-0.3, -0.25) is 4.79 Å². The molecule has 22 heavy (non-hydrogen) atoms. The summed E-state index contributed by atoms with van der Waals surface area (Å²) in [6, 6.07) is 8.74. The molecule has 1 N–H and O–H groups in total. The molecule has 2 rings (SSSR count). The Morgan fingerprint density at radius 2 is 2.05 bits per heavy atom. The average molecular weight is 322 g/mol. The van der Waals surface area contributed by atoms with Crippen LogP contribution in [0.15, 0.2) is 34.7 Å². The zero-order valence-electron chi connectivity index (χ0n) is 12.3. The lowest BCUT2D eigenvalue weighted by Crippen LogP contribution is -2.28. The monoisotopic (exact) mass is 321 g/mol. The third kappa shape index (κ3) is 4.36. The summed E-state index contributed by atoms with van der Waals surface area (Å²) in [7, 11) is 0. The fourth-order valence-corrected chi connectivity index (χ4v) is 2.15. The predicted molar refractivity (Wildman–Crippen MR) is 81.8 cm³/mol. The maximum atomic E-state index is 11.8. The normalized spacial score (nSPS) is 10.3. The number of benzene rings is 1. The molecule has 0 aliphatic heterocycles. The van der Waals surface area contributed by atoms with Gasteiger partial charge in [0.25, 0.3) is 5.91 Å². The summed E-state index contributed by atoms with van der Waals surface area (Å²) < 4.78 is 10.2. The number of halogens is 1. The molecule has 1 aromatic carbocycles. The summed E-state index contributed by atoms with van der Waals surface area (Å²) in [4.78, 5) is 23.5. The van der Waals surface area contributed by atoms with Crippen molar-refractivity contribution < 1.29 is 18.7 Å². The number of hydrogen-bond acceptors (Lipinski definition) is 4. The highest BCUT2D eigenvalue weighted by Crippen LogP contribution is 2.14. The Balaban J connectivity index is 1.80. The fraction of sp³-hybridized carbons (Fsp3) is 0.250. The van der Waals surface area contributed by atoms with Gasteiger partial charge in [0.05, 0.1) is 0 Å². The molecule has 116 valence electrons. The number of amides is 1. The van der Waals surface area contributed by atoms with Gasteiger partial charge in [0.15, 0.2) is 6.61 Å². The SMILES string of the molecule is Cc1cc(C(=O)OCC(=O)NCc2cccc(Cl)c2)c(C)o1. The number of esters is 1. The summed E-state index contributed by atoms with van der Waals surface area (Å²) in [5.41, 5.74) is 1.20. The maximum absolute atomic E-state index is 11.8. The molecule has 0 unspecified atom stereocenters. The number of nitrogens with one attached hydrogen (secondary N) is 1. The zero-order valence-corrected chi connectivity index (χ0v) is 13.1. The molecule has 0 aliphatic carbocycles. The molecular formula is C16H16ClNO4. The first-order chi connectivity index (χ1) is 10.5. The summed E-state index contributed by atoms with van der Waals surface area (Å²) >= 11 is 5.86. The van der Waals surface area contributed by atoms with Crippen LogP contribution in [0.25, 0.3) is 0 Å². The highest BCUT2D eigenvalue weighted by atomic mass is 35.5. The van der Waals surface area contributed by atoms with E-state index in [-0.39, 0.29) is 12.5 Å². The summed E-state index contributed by atoms with van der Waals surface area (Å²) in [6.45, 7) is 3.38. The van der Waals surface area contributed by atoms with Gasteiger partial charge in [-0.2, -0.15) is 0 Å². The molecule has 0 saturated carbocycles. The van der Waals surface area contributed by atoms with Gasteiger partial charge in [-0.15, -0.1) is 0 Å². The Hall–Kier alpha value is -2.27. The van der Waals surface area contributed by atoms with Crippen LogP contribution in [0.5, 0.6) is 0 Å². The zero-order chi connectivity index (χ0) is 16.1. The molecule has 0 saturated heterocycles. The molecule has 6 heteroatoms. The first kappa shape index (κ1) is 16.1. The number of carbonyl (C=O) groups excluding carboxylic acids is 2. The van der Waals surface area contributed by atoms with Crippen LogP contribution < -0.4 is 5.32 Å². The maximum Gasteiger partial charge on any atom is 0.342 e. The van der Waals surface area contributed by atoms with E-state index in [1.54, 1.807) is 38.1 Å². The highest BCUT2D eigenvalue weighted by Gasteiger charge is 2.16. The van der Waals surface area contributed by atoms with Gasteiger partial charge in [0.2, 0.25) is 0 Å². The van der Waals surface area contributed by atoms with E-state index in [9.17, 15) is 9.59 Å². The molecule has 1 heterocycles. The Morgan fingerprint density at radius 1 is 1.27 bits per heavy atom. The van der Waals surface area contributed by atoms with Crippen LogP contribution >= 0.6 is 11.6 Å². The molecule has 0 bridgehead atoms. The van der Waals surface area contributed by atoms with E-state index in [1.807, 2.05) is 6.07 Å². The summed E-state index contributed by atoms with van der Waals surface area (Å²) in [6.07, 6.45) is 0. The van der Waals surface area contributed by atoms with Crippen molar-refractivity contribution in [3.8, 4) is 0 Å². The molecular weight excluding hydrogens is 306 g/mol. The van der Waals surface area contributed by atoms with Crippen LogP contribution in [0.4, 0.5) is 0 Å². The van der Waals surface area contributed by atoms with Gasteiger partial charge < -0.3 is 14.5 Å². The lowest BCUT2D eigenvalue weighted by Gasteiger charge is -2.06. The smallest absolute Gasteiger partial charge is 0.342 e. The molecule has 1 aromatic heterocycles. The molecule has 0 radical (unpaired) electrons. The summed E-state index contributed by atoms with van der Waals surface area (Å²) in [5, 5.41) is 3.26. The molecule has 5 nitrogen and oxygen atoms in total. The van der Waals surface area contributed by atoms with Gasteiger partial charge in [-0.1, -0.05) is 23.7 Å². The minimum absolute atomic E-state index is 0.320. The van der Waals surface area contributed by atoms with E-state index in [1.165, 1.54) is 0 Å². The minimum Gasteiger partial charge on any atom is -0.466 e. The third-order valence-electron chi connectivity index (χ3n) is 2.97. The standard InChI is InChI=1S/C16H16ClNO4/c1-10-6-14(11(2)22-10)16(20)21-9-15(19)18-8-12-4-3-5-13(17)7-12/h3-7H,8-9H2,1-2H3,(H,18,19). The van der Waals surface area contributed by atoms with Crippen molar-refractivity contribution in [2.24, 2.45) is 0 Å². The average Bonchev–Trinajstić information content (AvgIpc) is 2.81. The molecule has 1 amide bonds. The van der Waals surface area contributed by atoms with Crippen molar-refractivity contribution in [3.05, 3.63) is 58.0 Å². The first-order valence-corrected chi connectivity index (χ1v) is 7.09. The number of aryl methyl sites for hydroxylation is 2. The van der Waals surface area contributed by atoms with E-state index >= 15 is 0 Å². The van der Waals surface area contributed by atoms with Gasteiger partial charge >= 0.3 is 5.97 Å². The fourth-order valence-electron chi connectivity index (χ4n) is 1.94. The van der Waals surface area contributed by atoms with Gasteiger partial charge in [0.1, 0.15) is 17.1 Å². The number of carbonyl (C=O) groups is 2. The van der Waals surface area contributed by atoms with Crippen molar-refractivity contribution >= 4 is 23.5 Å². The second-order valence-corrected chi connectivity index (χ2v) is 5.25. The molecule has 0 atom stereocenters. The predicted octanol–water partition coefficient (Wildman–Crippen LogP) is 3.02. The lowest BCUT2D eigenvalue weighted by atomic mass is 10.2. The van der Waals surface area contributed by atoms with Crippen LogP contribution in [0.1, 0.15) is 27.4 Å². The van der Waals surface area contributed by atoms with Crippen LogP contribution in [0, 0.1) is 13.8 Å². The van der Waals surface area contributed by atoms with Gasteiger partial charge in [-0.25, -0.2) is 4.79 Å². The largest absolute Gasteiger partial charge is 0.466 e. The quantitative estimate of drug-likeness (QED) is 0.859. The van der Waals surface area contributed by atoms with E-state index in [2.05, 4.69) is 5.32 Å². The van der Waals surface area contributed by atoms with Gasteiger partial charge in [0, 0.05) is 11.6 Å². The second-order valence-electron chi connectivity index (χ2n) is 4.81. The highest BCUT2D eigenvalue weighted by molar-refractivity contribution is 6.30. The number of ether oxygens (including phenoxy) is 1. The molecule has 2 aromatic rings. The topological polar surface area (TPSA) is 68.5 Å². The minimum atomic E-state index is -0.577. The van der Waals surface area contributed by atoms with Crippen molar-refractivity contribution in [2.45, 2.75) is 20.4 Å². The van der Waals surface area contributed by atoms with Crippen LogP contribution in [0.2, 0.25) is 5.02 Å². The number of hydrogen-bond donors (Lipinski definition) is 1. The van der Waals surface area contributed by atoms with Gasteiger partial charge in [-0.05, 0) is 37.6 Å². The van der Waals surface area contributed by atoms with Crippen LogP contribution in [0.3, 0.4) is 0 Å². The lowest BCUT2D eigenvalue weighted by molar-refractivity contribution is -0.124. The first-order valence-electron chi connectivity index (χ1n) is 6.71. The molecule has 0 aliphatic rings. The van der Waals surface area contributed by atoms with Crippen LogP contribution in [-0.2, 0) is 16.1 Å². The van der Waals surface area contributed by atoms with Crippen LogP contribution in [-0.4, -0.2) is 18.5 Å². The van der Waals surface area contributed by atoms with E-state index < -0.39 is 5.97 Å². The number of furan rings is 1. The van der Waals surface area contributed by atoms with Crippen molar-refractivity contribution in [1.29, 1.82) is 0 Å². The molecule has 0 fully saturated rings. The second kappa shape index (κ2) is 7.13. The summed E-state index contributed by atoms with van der Waals surface area (Å²) in [5.74, 6) is 0.134.